The van der Waals surface area contributed by atoms with Gasteiger partial charge in [-0.3, -0.25) is 0 Å². The molecule has 32 heavy (non-hydrogen) atoms. The summed E-state index contributed by atoms with van der Waals surface area (Å²) >= 11 is 0. The van der Waals surface area contributed by atoms with Crippen LogP contribution in [0.1, 0.15) is 19.0 Å². The zero-order chi connectivity index (χ0) is 22.3. The lowest BCUT2D eigenvalue weighted by Crippen LogP contribution is -2.43. The van der Waals surface area contributed by atoms with E-state index in [2.05, 4.69) is 14.9 Å². The van der Waals surface area contributed by atoms with Gasteiger partial charge in [0.25, 0.3) is 0 Å². The molecule has 10 nitrogen and oxygen atoms in total. The molecule has 2 aromatic rings. The van der Waals surface area contributed by atoms with Gasteiger partial charge in [-0.05, 0) is 18.2 Å². The molecule has 10 heteroatoms. The average molecular weight is 444 g/mol. The third-order valence-corrected chi connectivity index (χ3v) is 5.40. The Labute approximate surface area is 186 Å². The fourth-order valence-corrected chi connectivity index (χ4v) is 3.58. The number of aliphatic hydroxyl groups is 2. The fraction of sp³-hybridized carbons (Fsp3) is 0.500. The number of nitrogens with zero attached hydrogens (tertiary/aromatic N) is 5. The van der Waals surface area contributed by atoms with E-state index < -0.39 is 6.10 Å². The molecule has 2 aliphatic rings. The van der Waals surface area contributed by atoms with E-state index in [1.807, 2.05) is 41.2 Å². The number of aromatic nitrogens is 2. The van der Waals surface area contributed by atoms with Crippen LogP contribution < -0.4 is 4.74 Å². The first-order chi connectivity index (χ1) is 15.7. The Kier molecular flexibility index (Phi) is 7.35. The molecule has 172 valence electrons. The van der Waals surface area contributed by atoms with E-state index in [1.54, 1.807) is 7.11 Å². The molecule has 0 aliphatic carbocycles. The van der Waals surface area contributed by atoms with Crippen molar-refractivity contribution in [1.82, 2.24) is 14.7 Å². The van der Waals surface area contributed by atoms with Crippen molar-refractivity contribution in [2.24, 2.45) is 9.98 Å². The molecule has 1 unspecified atom stereocenters. The predicted octanol–water partition coefficient (Wildman–Crippen LogP) is 1.31. The molecule has 0 saturated carbocycles. The van der Waals surface area contributed by atoms with Crippen molar-refractivity contribution in [2.75, 3.05) is 46.6 Å². The van der Waals surface area contributed by atoms with Gasteiger partial charge in [-0.2, -0.15) is 10.1 Å². The highest BCUT2D eigenvalue weighted by Gasteiger charge is 2.26. The summed E-state index contributed by atoms with van der Waals surface area (Å²) in [5, 5.41) is 23.3. The smallest absolute Gasteiger partial charge is 0.315 e. The average Bonchev–Trinajstić information content (AvgIpc) is 3.35. The number of aliphatic hydroxyl groups excluding tert-OH is 2. The number of hydrogen-bond acceptors (Lipinski definition) is 9. The van der Waals surface area contributed by atoms with Crippen LogP contribution in [0, 0.1) is 0 Å². The first-order valence-electron chi connectivity index (χ1n) is 10.8. The molecule has 2 N–H and O–H groups in total. The number of rotatable bonds is 7. The predicted molar refractivity (Wildman–Crippen MR) is 119 cm³/mol. The maximum atomic E-state index is 9.57. The van der Waals surface area contributed by atoms with Gasteiger partial charge in [0, 0.05) is 37.7 Å². The van der Waals surface area contributed by atoms with Crippen LogP contribution in [0.3, 0.4) is 0 Å². The maximum Gasteiger partial charge on any atom is 0.315 e. The molecule has 0 spiro atoms. The number of ether oxygens (including phenoxy) is 3. The Hall–Kier alpha value is -2.95. The zero-order valence-electron chi connectivity index (χ0n) is 18.1. The lowest BCUT2D eigenvalue weighted by atomic mass is 10.1. The van der Waals surface area contributed by atoms with Crippen molar-refractivity contribution >= 4 is 11.9 Å². The van der Waals surface area contributed by atoms with Gasteiger partial charge < -0.3 is 29.3 Å². The third kappa shape index (κ3) is 5.45. The molecule has 0 radical (unpaired) electrons. The fourth-order valence-electron chi connectivity index (χ4n) is 3.58. The van der Waals surface area contributed by atoms with E-state index in [4.69, 9.17) is 24.4 Å². The molecule has 4 rings (SSSR count). The number of morpholine rings is 1. The van der Waals surface area contributed by atoms with Crippen LogP contribution in [0.15, 0.2) is 46.5 Å². The lowest BCUT2D eigenvalue weighted by Gasteiger charge is -2.32. The minimum absolute atomic E-state index is 0.210. The summed E-state index contributed by atoms with van der Waals surface area (Å²) in [6, 6.07) is 9.96. The summed E-state index contributed by atoms with van der Waals surface area (Å²) in [6.45, 7) is 2.73. The second-order valence-corrected chi connectivity index (χ2v) is 7.61. The normalized spacial score (nSPS) is 19.8. The molecule has 2 atom stereocenters. The zero-order valence-corrected chi connectivity index (χ0v) is 18.1. The molecule has 3 heterocycles. The van der Waals surface area contributed by atoms with Crippen LogP contribution >= 0.6 is 0 Å². The Balaban J connectivity index is 1.53. The van der Waals surface area contributed by atoms with Crippen molar-refractivity contribution in [1.29, 1.82) is 0 Å². The second kappa shape index (κ2) is 10.6. The number of benzene rings is 1. The van der Waals surface area contributed by atoms with Gasteiger partial charge in [0.2, 0.25) is 0 Å². The summed E-state index contributed by atoms with van der Waals surface area (Å²) < 4.78 is 18.3. The molecular weight excluding hydrogens is 414 g/mol. The van der Waals surface area contributed by atoms with Gasteiger partial charge in [-0.1, -0.05) is 12.1 Å². The van der Waals surface area contributed by atoms with Gasteiger partial charge in [-0.15, -0.1) is 0 Å². The van der Waals surface area contributed by atoms with E-state index in [0.29, 0.717) is 26.1 Å². The molecule has 2 aliphatic heterocycles. The monoisotopic (exact) mass is 443 g/mol. The Morgan fingerprint density at radius 1 is 1.25 bits per heavy atom. The minimum atomic E-state index is -0.825. The summed E-state index contributed by atoms with van der Waals surface area (Å²) in [4.78, 5) is 11.4. The molecule has 1 aromatic carbocycles. The highest BCUT2D eigenvalue weighted by Crippen LogP contribution is 2.26. The molecular formula is C22H29N5O5. The summed E-state index contributed by atoms with van der Waals surface area (Å²) in [5.74, 6) is 1.65. The van der Waals surface area contributed by atoms with E-state index in [1.165, 1.54) is 0 Å². The van der Waals surface area contributed by atoms with Crippen LogP contribution in [0.2, 0.25) is 0 Å². The van der Waals surface area contributed by atoms with Crippen molar-refractivity contribution in [2.45, 2.75) is 25.1 Å². The molecule has 1 fully saturated rings. The molecule has 0 amide bonds. The van der Waals surface area contributed by atoms with Crippen molar-refractivity contribution in [3.63, 3.8) is 0 Å². The first kappa shape index (κ1) is 22.3. The highest BCUT2D eigenvalue weighted by atomic mass is 16.5. The first-order valence-corrected chi connectivity index (χ1v) is 10.8. The Morgan fingerprint density at radius 2 is 2.09 bits per heavy atom. The van der Waals surface area contributed by atoms with Crippen LogP contribution in [-0.4, -0.2) is 89.5 Å². The van der Waals surface area contributed by atoms with Crippen molar-refractivity contribution < 1.29 is 24.4 Å². The summed E-state index contributed by atoms with van der Waals surface area (Å²) in [6.07, 6.45) is 1.66. The SMILES string of the molecule is COc1cccc(-c2ccn(C3CC(N4CCOCC4)=NC(OCC[C@@H](O)CO)=N3)n2)c1. The Bertz CT molecular complexity index is 954. The largest absolute Gasteiger partial charge is 0.497 e. The summed E-state index contributed by atoms with van der Waals surface area (Å²) in [5.41, 5.74) is 1.78. The van der Waals surface area contributed by atoms with E-state index in [9.17, 15) is 5.11 Å². The molecule has 0 bridgehead atoms. The van der Waals surface area contributed by atoms with Crippen molar-refractivity contribution in [3.05, 3.63) is 36.5 Å². The van der Waals surface area contributed by atoms with E-state index >= 15 is 0 Å². The lowest BCUT2D eigenvalue weighted by molar-refractivity contribution is 0.0660. The molecule has 1 saturated heterocycles. The van der Waals surface area contributed by atoms with Gasteiger partial charge in [0.1, 0.15) is 11.6 Å². The quantitative estimate of drug-likeness (QED) is 0.663. The van der Waals surface area contributed by atoms with Gasteiger partial charge >= 0.3 is 6.02 Å². The summed E-state index contributed by atoms with van der Waals surface area (Å²) in [7, 11) is 1.64. The van der Waals surface area contributed by atoms with Crippen LogP contribution in [0.5, 0.6) is 5.75 Å². The number of amidine groups is 2. The second-order valence-electron chi connectivity index (χ2n) is 7.61. The standard InChI is InChI=1S/C22H29N5O5/c1-30-18-4-2-3-16(13-18)19-5-7-27(25-19)21-14-20(26-8-11-31-12-9-26)23-22(24-21)32-10-6-17(29)15-28/h2-5,7,13,17,21,28-29H,6,8-12,14-15H2,1H3/t17-,21?/m1/s1. The molecule has 1 aromatic heterocycles. The van der Waals surface area contributed by atoms with E-state index in [0.717, 1.165) is 35.9 Å². The van der Waals surface area contributed by atoms with Gasteiger partial charge in [-0.25, -0.2) is 9.67 Å². The van der Waals surface area contributed by atoms with Crippen LogP contribution in [0.25, 0.3) is 11.3 Å². The van der Waals surface area contributed by atoms with Crippen LogP contribution in [0.4, 0.5) is 0 Å². The van der Waals surface area contributed by atoms with Gasteiger partial charge in [0.05, 0.1) is 45.3 Å². The highest BCUT2D eigenvalue weighted by molar-refractivity contribution is 5.95. The van der Waals surface area contributed by atoms with Crippen molar-refractivity contribution in [3.8, 4) is 17.0 Å². The van der Waals surface area contributed by atoms with E-state index in [-0.39, 0.29) is 25.4 Å². The maximum absolute atomic E-state index is 9.57. The topological polar surface area (TPSA) is 114 Å². The minimum Gasteiger partial charge on any atom is -0.497 e. The number of aliphatic imine (C=N–C) groups is 2. The third-order valence-electron chi connectivity index (χ3n) is 5.40. The number of methoxy groups -OCH3 is 1. The van der Waals surface area contributed by atoms with Crippen LogP contribution in [-0.2, 0) is 9.47 Å². The van der Waals surface area contributed by atoms with Gasteiger partial charge in [0.15, 0.2) is 6.17 Å². The number of hydrogen-bond donors (Lipinski definition) is 2. The Morgan fingerprint density at radius 3 is 2.88 bits per heavy atom.